The van der Waals surface area contributed by atoms with Gasteiger partial charge in [-0.3, -0.25) is 4.79 Å². The molecule has 0 fully saturated rings. The molecule has 1 aliphatic rings. The molecule has 4 nitrogen and oxygen atoms in total. The standard InChI is InChI=1S/C22H23N3O/c1-3-11-23-22(26)16-6-8-19(9-7-16)25-12-10-18-14-17-5-4-15(2)13-20(17)24-21(18)25/h4-9,13-14H,3,10-12H2,1-2H3,(H,23,26). The molecule has 1 amide bonds. The molecule has 0 aliphatic carbocycles. The number of carbonyl (C=O) groups excluding carboxylic acids is 1. The number of benzene rings is 2. The van der Waals surface area contributed by atoms with E-state index >= 15 is 0 Å². The highest BCUT2D eigenvalue weighted by Gasteiger charge is 2.23. The van der Waals surface area contributed by atoms with E-state index in [2.05, 4.69) is 41.4 Å². The summed E-state index contributed by atoms with van der Waals surface area (Å²) in [4.78, 5) is 19.2. The Kier molecular flexibility index (Phi) is 4.33. The molecule has 3 aromatic rings. The van der Waals surface area contributed by atoms with Crippen LogP contribution >= 0.6 is 0 Å². The minimum absolute atomic E-state index is 0.0141. The van der Waals surface area contributed by atoms with Crippen LogP contribution in [0, 0.1) is 6.92 Å². The Morgan fingerprint density at radius 2 is 1.96 bits per heavy atom. The lowest BCUT2D eigenvalue weighted by molar-refractivity contribution is 0.0953. The molecule has 4 heteroatoms. The van der Waals surface area contributed by atoms with Gasteiger partial charge in [-0.25, -0.2) is 4.98 Å². The van der Waals surface area contributed by atoms with E-state index in [0.717, 1.165) is 36.4 Å². The number of fused-ring (bicyclic) bond motifs is 2. The number of hydrogen-bond acceptors (Lipinski definition) is 3. The predicted octanol–water partition coefficient (Wildman–Crippen LogP) is 4.38. The molecule has 0 bridgehead atoms. The van der Waals surface area contributed by atoms with Gasteiger partial charge >= 0.3 is 0 Å². The molecule has 2 aromatic carbocycles. The number of aromatic nitrogens is 1. The minimum Gasteiger partial charge on any atom is -0.352 e. The molecule has 0 spiro atoms. The third kappa shape index (κ3) is 3.03. The van der Waals surface area contributed by atoms with Crippen molar-refractivity contribution in [2.24, 2.45) is 0 Å². The van der Waals surface area contributed by atoms with Gasteiger partial charge in [0.05, 0.1) is 5.52 Å². The SMILES string of the molecule is CCCNC(=O)c1ccc(N2CCc3cc4ccc(C)cc4nc32)cc1. The number of amides is 1. The summed E-state index contributed by atoms with van der Waals surface area (Å²) in [5.41, 5.74) is 5.31. The average molecular weight is 345 g/mol. The summed E-state index contributed by atoms with van der Waals surface area (Å²) in [5, 5.41) is 4.11. The molecule has 1 N–H and O–H groups in total. The largest absolute Gasteiger partial charge is 0.352 e. The van der Waals surface area contributed by atoms with Crippen molar-refractivity contribution in [2.75, 3.05) is 18.0 Å². The van der Waals surface area contributed by atoms with E-state index in [1.54, 1.807) is 0 Å². The Morgan fingerprint density at radius 1 is 1.15 bits per heavy atom. The first-order chi connectivity index (χ1) is 12.7. The number of carbonyl (C=O) groups is 1. The molecule has 0 unspecified atom stereocenters. The van der Waals surface area contributed by atoms with Crippen LogP contribution in [0.5, 0.6) is 0 Å². The van der Waals surface area contributed by atoms with Crippen LogP contribution in [0.4, 0.5) is 11.5 Å². The normalized spacial score (nSPS) is 13.1. The van der Waals surface area contributed by atoms with Crippen molar-refractivity contribution in [1.29, 1.82) is 0 Å². The van der Waals surface area contributed by atoms with Crippen molar-refractivity contribution in [3.05, 3.63) is 65.2 Å². The molecule has 2 heterocycles. The van der Waals surface area contributed by atoms with Crippen molar-refractivity contribution in [1.82, 2.24) is 10.3 Å². The van der Waals surface area contributed by atoms with Gasteiger partial charge in [0.2, 0.25) is 0 Å². The fourth-order valence-electron chi connectivity index (χ4n) is 3.45. The first-order valence-corrected chi connectivity index (χ1v) is 9.22. The lowest BCUT2D eigenvalue weighted by Crippen LogP contribution is -2.24. The quantitative estimate of drug-likeness (QED) is 0.763. The van der Waals surface area contributed by atoms with Gasteiger partial charge in [-0.2, -0.15) is 0 Å². The number of nitrogens with zero attached hydrogens (tertiary/aromatic N) is 2. The molecular weight excluding hydrogens is 322 g/mol. The molecule has 0 atom stereocenters. The number of anilines is 2. The summed E-state index contributed by atoms with van der Waals surface area (Å²) in [7, 11) is 0. The summed E-state index contributed by atoms with van der Waals surface area (Å²) >= 11 is 0. The van der Waals surface area contributed by atoms with Crippen molar-refractivity contribution in [2.45, 2.75) is 26.7 Å². The third-order valence-electron chi connectivity index (χ3n) is 4.87. The topological polar surface area (TPSA) is 45.2 Å². The van der Waals surface area contributed by atoms with Gasteiger partial charge < -0.3 is 10.2 Å². The highest BCUT2D eigenvalue weighted by Crippen LogP contribution is 2.35. The number of pyridine rings is 1. The molecule has 132 valence electrons. The van der Waals surface area contributed by atoms with Crippen LogP contribution in [0.15, 0.2) is 48.5 Å². The smallest absolute Gasteiger partial charge is 0.251 e. The Bertz CT molecular complexity index is 963. The second-order valence-corrected chi connectivity index (χ2v) is 6.87. The Labute approximate surface area is 153 Å². The molecule has 0 radical (unpaired) electrons. The second-order valence-electron chi connectivity index (χ2n) is 6.87. The summed E-state index contributed by atoms with van der Waals surface area (Å²) in [5.74, 6) is 1.02. The van der Waals surface area contributed by atoms with Crippen LogP contribution < -0.4 is 10.2 Å². The van der Waals surface area contributed by atoms with Crippen LogP contribution in [0.3, 0.4) is 0 Å². The van der Waals surface area contributed by atoms with Crippen molar-refractivity contribution in [3.63, 3.8) is 0 Å². The summed E-state index contributed by atoms with van der Waals surface area (Å²) in [6, 6.07) is 16.5. The first kappa shape index (κ1) is 16.6. The first-order valence-electron chi connectivity index (χ1n) is 9.22. The van der Waals surface area contributed by atoms with Crippen molar-refractivity contribution < 1.29 is 4.79 Å². The van der Waals surface area contributed by atoms with E-state index in [9.17, 15) is 4.79 Å². The van der Waals surface area contributed by atoms with Crippen LogP contribution in [-0.4, -0.2) is 24.0 Å². The summed E-state index contributed by atoms with van der Waals surface area (Å²) in [6.07, 6.45) is 1.93. The lowest BCUT2D eigenvalue weighted by Gasteiger charge is -2.19. The maximum absolute atomic E-state index is 12.1. The van der Waals surface area contributed by atoms with Gasteiger partial charge in [0.25, 0.3) is 5.91 Å². The zero-order valence-electron chi connectivity index (χ0n) is 15.2. The summed E-state index contributed by atoms with van der Waals surface area (Å²) in [6.45, 7) is 5.76. The van der Waals surface area contributed by atoms with E-state index in [0.29, 0.717) is 12.1 Å². The van der Waals surface area contributed by atoms with E-state index in [1.165, 1.54) is 16.5 Å². The molecule has 1 aromatic heterocycles. The number of nitrogens with one attached hydrogen (secondary N) is 1. The molecule has 4 rings (SSSR count). The molecular formula is C22H23N3O. The van der Waals surface area contributed by atoms with E-state index in [4.69, 9.17) is 4.98 Å². The van der Waals surface area contributed by atoms with Gasteiger partial charge in [-0.05, 0) is 67.3 Å². The summed E-state index contributed by atoms with van der Waals surface area (Å²) < 4.78 is 0. The lowest BCUT2D eigenvalue weighted by atomic mass is 10.1. The molecule has 0 saturated heterocycles. The highest BCUT2D eigenvalue weighted by atomic mass is 16.1. The average Bonchev–Trinajstić information content (AvgIpc) is 3.07. The van der Waals surface area contributed by atoms with Gasteiger partial charge in [0.15, 0.2) is 0 Å². The van der Waals surface area contributed by atoms with Crippen LogP contribution in [0.1, 0.15) is 34.8 Å². The predicted molar refractivity (Wildman–Crippen MR) is 106 cm³/mol. The number of rotatable bonds is 4. The number of hydrogen-bond donors (Lipinski definition) is 1. The monoisotopic (exact) mass is 345 g/mol. The highest BCUT2D eigenvalue weighted by molar-refractivity contribution is 5.94. The minimum atomic E-state index is -0.0141. The zero-order valence-corrected chi connectivity index (χ0v) is 15.2. The molecule has 26 heavy (non-hydrogen) atoms. The fraction of sp³-hybridized carbons (Fsp3) is 0.273. The van der Waals surface area contributed by atoms with E-state index < -0.39 is 0 Å². The third-order valence-corrected chi connectivity index (χ3v) is 4.87. The van der Waals surface area contributed by atoms with Gasteiger partial charge in [-0.1, -0.05) is 19.1 Å². The Balaban J connectivity index is 1.63. The molecule has 1 aliphatic heterocycles. The Morgan fingerprint density at radius 3 is 2.73 bits per heavy atom. The maximum atomic E-state index is 12.1. The van der Waals surface area contributed by atoms with Gasteiger partial charge in [-0.15, -0.1) is 0 Å². The van der Waals surface area contributed by atoms with Crippen LogP contribution in [0.2, 0.25) is 0 Å². The van der Waals surface area contributed by atoms with Crippen molar-refractivity contribution in [3.8, 4) is 0 Å². The fourth-order valence-corrected chi connectivity index (χ4v) is 3.45. The number of aryl methyl sites for hydroxylation is 1. The second kappa shape index (κ2) is 6.79. The van der Waals surface area contributed by atoms with Gasteiger partial charge in [0.1, 0.15) is 5.82 Å². The van der Waals surface area contributed by atoms with E-state index in [1.807, 2.05) is 31.2 Å². The maximum Gasteiger partial charge on any atom is 0.251 e. The van der Waals surface area contributed by atoms with E-state index in [-0.39, 0.29) is 5.91 Å². The molecule has 0 saturated carbocycles. The van der Waals surface area contributed by atoms with Gasteiger partial charge in [0, 0.05) is 29.7 Å². The van der Waals surface area contributed by atoms with Crippen molar-refractivity contribution >= 4 is 28.3 Å². The Hall–Kier alpha value is -2.88. The van der Waals surface area contributed by atoms with Crippen LogP contribution in [-0.2, 0) is 6.42 Å². The zero-order chi connectivity index (χ0) is 18.1. The van der Waals surface area contributed by atoms with Crippen LogP contribution in [0.25, 0.3) is 10.9 Å².